The Hall–Kier alpha value is -2.82. The van der Waals surface area contributed by atoms with E-state index in [4.69, 9.17) is 15.8 Å². The minimum atomic E-state index is -4.15. The number of imide groups is 1. The number of carbonyl (C=O) groups excluding carboxylic acids is 3. The Morgan fingerprint density at radius 3 is 2.42 bits per heavy atom. The summed E-state index contributed by atoms with van der Waals surface area (Å²) in [7, 11) is -4.15. The van der Waals surface area contributed by atoms with Crippen LogP contribution in [0.4, 0.5) is 4.79 Å². The number of hydrogen-bond donors (Lipinski definition) is 0. The fraction of sp³-hybridized carbons (Fsp3) is 0.227. The Balaban J connectivity index is 1.55. The van der Waals surface area contributed by atoms with Crippen molar-refractivity contribution in [1.82, 2.24) is 9.80 Å². The maximum absolute atomic E-state index is 12.8. The maximum Gasteiger partial charge on any atom is 0.339 e. The van der Waals surface area contributed by atoms with Crippen LogP contribution in [0.3, 0.4) is 0 Å². The molecule has 0 atom stereocenters. The lowest BCUT2D eigenvalue weighted by atomic mass is 10.2. The highest BCUT2D eigenvalue weighted by molar-refractivity contribution is 8.18. The fourth-order valence-electron chi connectivity index (χ4n) is 3.42. The molecule has 0 aromatic heterocycles. The third kappa shape index (κ3) is 5.23. The lowest BCUT2D eigenvalue weighted by molar-refractivity contribution is -0.135. The molecule has 3 amide bonds. The summed E-state index contributed by atoms with van der Waals surface area (Å²) in [4.78, 5) is 40.1. The number of likely N-dealkylation sites (tertiary alicyclic amines) is 1. The molecule has 11 heteroatoms. The van der Waals surface area contributed by atoms with Crippen LogP contribution in [0.15, 0.2) is 58.3 Å². The van der Waals surface area contributed by atoms with Crippen LogP contribution in [0.25, 0.3) is 6.08 Å². The van der Waals surface area contributed by atoms with Crippen LogP contribution >= 0.6 is 23.4 Å². The van der Waals surface area contributed by atoms with Crippen molar-refractivity contribution in [3.05, 3.63) is 64.0 Å². The molecule has 2 heterocycles. The SMILES string of the molecule is O=C(CN1C(=O)S/C(=C\c2ccccc2OS(=O)(=O)c2ccc(Cl)cc2)C1=O)N1CCCC1. The van der Waals surface area contributed by atoms with E-state index in [1.165, 1.54) is 36.4 Å². The number of amides is 3. The van der Waals surface area contributed by atoms with Gasteiger partial charge in [-0.25, -0.2) is 0 Å². The molecule has 4 rings (SSSR count). The lowest BCUT2D eigenvalue weighted by Crippen LogP contribution is -2.40. The molecule has 0 unspecified atom stereocenters. The van der Waals surface area contributed by atoms with E-state index in [1.807, 2.05) is 0 Å². The molecule has 8 nitrogen and oxygen atoms in total. The number of para-hydroxylation sites is 1. The molecule has 0 spiro atoms. The van der Waals surface area contributed by atoms with E-state index in [9.17, 15) is 22.8 Å². The molecule has 33 heavy (non-hydrogen) atoms. The Morgan fingerprint density at radius 2 is 1.73 bits per heavy atom. The van der Waals surface area contributed by atoms with Gasteiger partial charge in [-0.05, 0) is 61.0 Å². The van der Waals surface area contributed by atoms with Crippen molar-refractivity contribution in [2.24, 2.45) is 0 Å². The molecule has 0 bridgehead atoms. The van der Waals surface area contributed by atoms with E-state index in [-0.39, 0.29) is 28.0 Å². The highest BCUT2D eigenvalue weighted by atomic mass is 35.5. The van der Waals surface area contributed by atoms with Crippen LogP contribution < -0.4 is 4.18 Å². The Kier molecular flexibility index (Phi) is 6.78. The topological polar surface area (TPSA) is 101 Å². The van der Waals surface area contributed by atoms with Crippen molar-refractivity contribution in [1.29, 1.82) is 0 Å². The molecular formula is C22H19ClN2O6S2. The lowest BCUT2D eigenvalue weighted by Gasteiger charge is -2.18. The van der Waals surface area contributed by atoms with Crippen molar-refractivity contribution in [2.75, 3.05) is 19.6 Å². The van der Waals surface area contributed by atoms with Crippen LogP contribution in [0.1, 0.15) is 18.4 Å². The molecular weight excluding hydrogens is 488 g/mol. The van der Waals surface area contributed by atoms with Crippen LogP contribution in [-0.4, -0.2) is 54.9 Å². The van der Waals surface area contributed by atoms with Gasteiger partial charge in [0, 0.05) is 23.7 Å². The zero-order valence-electron chi connectivity index (χ0n) is 17.3. The van der Waals surface area contributed by atoms with Gasteiger partial charge in [0.25, 0.3) is 11.1 Å². The highest BCUT2D eigenvalue weighted by Crippen LogP contribution is 2.34. The Morgan fingerprint density at radius 1 is 1.06 bits per heavy atom. The van der Waals surface area contributed by atoms with Gasteiger partial charge in [-0.3, -0.25) is 19.3 Å². The van der Waals surface area contributed by atoms with E-state index < -0.39 is 21.3 Å². The Bertz CT molecular complexity index is 1240. The van der Waals surface area contributed by atoms with Crippen molar-refractivity contribution in [3.8, 4) is 5.75 Å². The number of hydrogen-bond acceptors (Lipinski definition) is 7. The molecule has 2 aliphatic rings. The first kappa shape index (κ1) is 23.3. The third-order valence-electron chi connectivity index (χ3n) is 5.13. The average Bonchev–Trinajstić information content (AvgIpc) is 3.40. The molecule has 2 aromatic rings. The smallest absolute Gasteiger partial charge is 0.339 e. The number of thioether (sulfide) groups is 1. The normalized spacial score (nSPS) is 17.8. The summed E-state index contributed by atoms with van der Waals surface area (Å²) in [5.74, 6) is -0.880. The summed E-state index contributed by atoms with van der Waals surface area (Å²) in [5.41, 5.74) is 0.298. The molecule has 2 fully saturated rings. The summed E-state index contributed by atoms with van der Waals surface area (Å²) < 4.78 is 30.6. The number of benzene rings is 2. The number of rotatable bonds is 6. The van der Waals surface area contributed by atoms with Crippen molar-refractivity contribution < 1.29 is 27.0 Å². The maximum atomic E-state index is 12.8. The first-order valence-electron chi connectivity index (χ1n) is 10.1. The molecule has 0 N–H and O–H groups in total. The quantitative estimate of drug-likeness (QED) is 0.434. The van der Waals surface area contributed by atoms with E-state index in [2.05, 4.69) is 0 Å². The van der Waals surface area contributed by atoms with Gasteiger partial charge in [-0.2, -0.15) is 8.42 Å². The number of carbonyl (C=O) groups is 3. The fourth-order valence-corrected chi connectivity index (χ4v) is 5.33. The van der Waals surface area contributed by atoms with E-state index in [0.717, 1.165) is 17.7 Å². The summed E-state index contributed by atoms with van der Waals surface area (Å²) in [5, 5.41) is -0.167. The van der Waals surface area contributed by atoms with E-state index in [1.54, 1.807) is 23.1 Å². The first-order valence-corrected chi connectivity index (χ1v) is 12.7. The van der Waals surface area contributed by atoms with Gasteiger partial charge >= 0.3 is 10.1 Å². The molecule has 0 aliphatic carbocycles. The minimum absolute atomic E-state index is 0.00704. The van der Waals surface area contributed by atoms with Gasteiger partial charge < -0.3 is 9.08 Å². The average molecular weight is 507 g/mol. The molecule has 2 aliphatic heterocycles. The van der Waals surface area contributed by atoms with Gasteiger partial charge in [0.2, 0.25) is 5.91 Å². The second-order valence-corrected chi connectivity index (χ2v) is 10.4. The van der Waals surface area contributed by atoms with Crippen LogP contribution in [0, 0.1) is 0 Å². The van der Waals surface area contributed by atoms with Crippen LogP contribution in [-0.2, 0) is 19.7 Å². The summed E-state index contributed by atoms with van der Waals surface area (Å²) in [6.45, 7) is 0.931. The zero-order chi connectivity index (χ0) is 23.6. The second-order valence-electron chi connectivity index (χ2n) is 7.38. The Labute approximate surface area is 200 Å². The van der Waals surface area contributed by atoms with Crippen LogP contribution in [0.5, 0.6) is 5.75 Å². The summed E-state index contributed by atoms with van der Waals surface area (Å²) in [6.07, 6.45) is 3.20. The number of halogens is 1. The molecule has 2 saturated heterocycles. The molecule has 0 radical (unpaired) electrons. The van der Waals surface area contributed by atoms with E-state index >= 15 is 0 Å². The number of nitrogens with zero attached hydrogens (tertiary/aromatic N) is 2. The molecule has 172 valence electrons. The molecule has 0 saturated carbocycles. The van der Waals surface area contributed by atoms with Gasteiger partial charge in [-0.1, -0.05) is 29.8 Å². The van der Waals surface area contributed by atoms with Crippen molar-refractivity contribution >= 4 is 56.6 Å². The third-order valence-corrected chi connectivity index (χ3v) is 7.54. The largest absolute Gasteiger partial charge is 0.378 e. The first-order chi connectivity index (χ1) is 15.7. The minimum Gasteiger partial charge on any atom is -0.378 e. The predicted molar refractivity (Wildman–Crippen MR) is 124 cm³/mol. The summed E-state index contributed by atoms with van der Waals surface area (Å²) in [6, 6.07) is 11.8. The predicted octanol–water partition coefficient (Wildman–Crippen LogP) is 3.77. The van der Waals surface area contributed by atoms with E-state index in [0.29, 0.717) is 35.4 Å². The monoisotopic (exact) mass is 506 g/mol. The highest BCUT2D eigenvalue weighted by Gasteiger charge is 2.37. The standard InChI is InChI=1S/C22H19ClN2O6S2/c23-16-7-9-17(10-8-16)33(29,30)31-18-6-2-1-5-15(18)13-19-21(27)25(22(28)32-19)14-20(26)24-11-3-4-12-24/h1-2,5-10,13H,3-4,11-12,14H2/b19-13-. The van der Waals surface area contributed by atoms with Gasteiger partial charge in [0.1, 0.15) is 17.2 Å². The van der Waals surface area contributed by atoms with Crippen molar-refractivity contribution in [3.63, 3.8) is 0 Å². The van der Waals surface area contributed by atoms with Gasteiger partial charge in [0.05, 0.1) is 4.91 Å². The van der Waals surface area contributed by atoms with Crippen molar-refractivity contribution in [2.45, 2.75) is 17.7 Å². The van der Waals surface area contributed by atoms with Gasteiger partial charge in [-0.15, -0.1) is 0 Å². The summed E-state index contributed by atoms with van der Waals surface area (Å²) >= 11 is 6.51. The zero-order valence-corrected chi connectivity index (χ0v) is 19.7. The van der Waals surface area contributed by atoms with Crippen LogP contribution in [0.2, 0.25) is 5.02 Å². The molecule has 2 aromatic carbocycles. The van der Waals surface area contributed by atoms with Gasteiger partial charge in [0.15, 0.2) is 0 Å². The second kappa shape index (κ2) is 9.58.